The van der Waals surface area contributed by atoms with E-state index in [0.29, 0.717) is 11.6 Å². The molecule has 0 bridgehead atoms. The number of aromatic nitrogens is 1. The van der Waals surface area contributed by atoms with Crippen molar-refractivity contribution in [1.29, 1.82) is 0 Å². The first-order valence-corrected chi connectivity index (χ1v) is 8.14. The number of thiazole rings is 1. The van der Waals surface area contributed by atoms with Crippen molar-refractivity contribution in [3.8, 4) is 11.3 Å². The van der Waals surface area contributed by atoms with Crippen molar-refractivity contribution in [1.82, 2.24) is 4.98 Å². The molecule has 0 N–H and O–H groups in total. The third-order valence-electron chi connectivity index (χ3n) is 3.59. The number of esters is 1. The minimum atomic E-state index is -0.345. The van der Waals surface area contributed by atoms with E-state index >= 15 is 0 Å². The van der Waals surface area contributed by atoms with Crippen LogP contribution in [0.4, 0.5) is 5.69 Å². The maximum atomic E-state index is 11.6. The smallest absolute Gasteiger partial charge is 0.367 e. The molecule has 1 aliphatic rings. The van der Waals surface area contributed by atoms with Crippen LogP contribution in [0.1, 0.15) is 29.6 Å². The number of carbonyl (C=O) groups is 1. The predicted molar refractivity (Wildman–Crippen MR) is 85.0 cm³/mol. The van der Waals surface area contributed by atoms with Crippen molar-refractivity contribution >= 4 is 23.0 Å². The summed E-state index contributed by atoms with van der Waals surface area (Å²) in [4.78, 5) is 18.4. The average Bonchev–Trinajstić information content (AvgIpc) is 3.19. The minimum absolute atomic E-state index is 0.345. The molecule has 0 amide bonds. The van der Waals surface area contributed by atoms with Gasteiger partial charge in [0.2, 0.25) is 5.01 Å². The lowest BCUT2D eigenvalue weighted by molar-refractivity contribution is 0.0526. The van der Waals surface area contributed by atoms with E-state index in [0.717, 1.165) is 24.3 Å². The van der Waals surface area contributed by atoms with Gasteiger partial charge in [0.1, 0.15) is 0 Å². The molecule has 1 aliphatic heterocycles. The molecular weight excluding hydrogens is 284 g/mol. The van der Waals surface area contributed by atoms with E-state index in [-0.39, 0.29) is 5.97 Å². The number of hydrogen-bond donors (Lipinski definition) is 0. The molecule has 0 aliphatic carbocycles. The van der Waals surface area contributed by atoms with Gasteiger partial charge in [-0.05, 0) is 31.9 Å². The van der Waals surface area contributed by atoms with Crippen molar-refractivity contribution in [2.24, 2.45) is 0 Å². The van der Waals surface area contributed by atoms with Crippen molar-refractivity contribution in [3.05, 3.63) is 34.7 Å². The highest BCUT2D eigenvalue weighted by atomic mass is 32.1. The van der Waals surface area contributed by atoms with E-state index in [1.807, 2.05) is 5.38 Å². The number of carbonyl (C=O) groups excluding carboxylic acids is 1. The van der Waals surface area contributed by atoms with E-state index in [1.54, 1.807) is 6.92 Å². The van der Waals surface area contributed by atoms with Gasteiger partial charge in [-0.3, -0.25) is 0 Å². The van der Waals surface area contributed by atoms with Crippen LogP contribution >= 0.6 is 11.3 Å². The number of anilines is 1. The summed E-state index contributed by atoms with van der Waals surface area (Å²) in [6.45, 7) is 4.45. The Morgan fingerprint density at radius 3 is 2.67 bits per heavy atom. The van der Waals surface area contributed by atoms with Crippen molar-refractivity contribution in [3.63, 3.8) is 0 Å². The molecule has 4 nitrogen and oxygen atoms in total. The van der Waals surface area contributed by atoms with Crippen LogP contribution in [-0.2, 0) is 4.74 Å². The Kier molecular flexibility index (Phi) is 4.20. The van der Waals surface area contributed by atoms with Crippen LogP contribution in [0, 0.1) is 0 Å². The summed E-state index contributed by atoms with van der Waals surface area (Å²) in [6.07, 6.45) is 2.55. The molecule has 110 valence electrons. The molecule has 0 atom stereocenters. The quantitative estimate of drug-likeness (QED) is 0.810. The summed E-state index contributed by atoms with van der Waals surface area (Å²) >= 11 is 1.33. The molecule has 0 radical (unpaired) electrons. The Morgan fingerprint density at radius 1 is 1.29 bits per heavy atom. The van der Waals surface area contributed by atoms with Crippen LogP contribution in [0.5, 0.6) is 0 Å². The van der Waals surface area contributed by atoms with Crippen molar-refractivity contribution in [2.45, 2.75) is 19.8 Å². The van der Waals surface area contributed by atoms with Crippen molar-refractivity contribution in [2.75, 3.05) is 24.6 Å². The summed E-state index contributed by atoms with van der Waals surface area (Å²) in [5.74, 6) is -0.345. The Bertz CT molecular complexity index is 615. The molecule has 1 fully saturated rings. The number of ether oxygens (including phenoxy) is 1. The van der Waals surface area contributed by atoms with Crippen LogP contribution in [0.3, 0.4) is 0 Å². The summed E-state index contributed by atoms with van der Waals surface area (Å²) in [5, 5.41) is 2.31. The molecule has 1 aromatic heterocycles. The van der Waals surface area contributed by atoms with Crippen molar-refractivity contribution < 1.29 is 9.53 Å². The zero-order valence-corrected chi connectivity index (χ0v) is 12.9. The molecule has 3 rings (SSSR count). The standard InChI is InChI=1S/C16H18N2O2S/c1-2-20-16(19)15-17-14(11-21-15)12-5-7-13(8-6-12)18-9-3-4-10-18/h5-8,11H,2-4,9-10H2,1H3. The van der Waals surface area contributed by atoms with Gasteiger partial charge >= 0.3 is 5.97 Å². The fourth-order valence-electron chi connectivity index (χ4n) is 2.51. The van der Waals surface area contributed by atoms with Crippen LogP contribution in [0.2, 0.25) is 0 Å². The van der Waals surface area contributed by atoms with Gasteiger partial charge in [-0.25, -0.2) is 9.78 Å². The van der Waals surface area contributed by atoms with Gasteiger partial charge in [0.05, 0.1) is 12.3 Å². The average molecular weight is 302 g/mol. The van der Waals surface area contributed by atoms with E-state index < -0.39 is 0 Å². The summed E-state index contributed by atoms with van der Waals surface area (Å²) < 4.78 is 4.97. The molecule has 0 saturated carbocycles. The molecule has 2 aromatic rings. The first kappa shape index (κ1) is 14.1. The third kappa shape index (κ3) is 3.08. The van der Waals surface area contributed by atoms with Crippen LogP contribution < -0.4 is 4.90 Å². The molecular formula is C16H18N2O2S. The molecule has 0 unspecified atom stereocenters. The number of benzene rings is 1. The van der Waals surface area contributed by atoms with Gasteiger partial charge in [0.15, 0.2) is 0 Å². The molecule has 1 saturated heterocycles. The summed E-state index contributed by atoms with van der Waals surface area (Å²) in [7, 11) is 0. The lowest BCUT2D eigenvalue weighted by atomic mass is 10.1. The van der Waals surface area contributed by atoms with E-state index in [4.69, 9.17) is 4.74 Å². The zero-order chi connectivity index (χ0) is 14.7. The van der Waals surface area contributed by atoms with Gasteiger partial charge in [-0.15, -0.1) is 11.3 Å². The normalized spacial score (nSPS) is 14.4. The second-order valence-corrected chi connectivity index (χ2v) is 5.86. The first-order valence-electron chi connectivity index (χ1n) is 7.26. The Hall–Kier alpha value is -1.88. The van der Waals surface area contributed by atoms with E-state index in [1.165, 1.54) is 29.9 Å². The molecule has 1 aromatic carbocycles. The molecule has 21 heavy (non-hydrogen) atoms. The highest BCUT2D eigenvalue weighted by Gasteiger charge is 2.14. The summed E-state index contributed by atoms with van der Waals surface area (Å²) in [6, 6.07) is 8.39. The Morgan fingerprint density at radius 2 is 2.00 bits per heavy atom. The Labute approximate surface area is 128 Å². The lowest BCUT2D eigenvalue weighted by Crippen LogP contribution is -2.17. The molecule has 0 spiro atoms. The van der Waals surface area contributed by atoms with Gasteiger partial charge in [0, 0.05) is 29.7 Å². The van der Waals surface area contributed by atoms with Gasteiger partial charge in [-0.1, -0.05) is 12.1 Å². The topological polar surface area (TPSA) is 42.4 Å². The monoisotopic (exact) mass is 302 g/mol. The van der Waals surface area contributed by atoms with Crippen LogP contribution in [-0.4, -0.2) is 30.6 Å². The second kappa shape index (κ2) is 6.26. The maximum Gasteiger partial charge on any atom is 0.367 e. The second-order valence-electron chi connectivity index (χ2n) is 5.00. The minimum Gasteiger partial charge on any atom is -0.461 e. The van der Waals surface area contributed by atoms with Crippen LogP contribution in [0.25, 0.3) is 11.3 Å². The maximum absolute atomic E-state index is 11.6. The zero-order valence-electron chi connectivity index (χ0n) is 12.0. The van der Waals surface area contributed by atoms with Gasteiger partial charge < -0.3 is 9.64 Å². The first-order chi connectivity index (χ1) is 10.3. The van der Waals surface area contributed by atoms with Gasteiger partial charge in [0.25, 0.3) is 0 Å². The fourth-order valence-corrected chi connectivity index (χ4v) is 3.23. The fraction of sp³-hybridized carbons (Fsp3) is 0.375. The highest BCUT2D eigenvalue weighted by molar-refractivity contribution is 7.11. The SMILES string of the molecule is CCOC(=O)c1nc(-c2ccc(N3CCCC3)cc2)cs1. The number of nitrogens with zero attached hydrogens (tertiary/aromatic N) is 2. The third-order valence-corrected chi connectivity index (χ3v) is 4.41. The van der Waals surface area contributed by atoms with E-state index in [2.05, 4.69) is 34.1 Å². The lowest BCUT2D eigenvalue weighted by Gasteiger charge is -2.17. The van der Waals surface area contributed by atoms with Crippen LogP contribution in [0.15, 0.2) is 29.6 Å². The molecule has 5 heteroatoms. The summed E-state index contributed by atoms with van der Waals surface area (Å²) in [5.41, 5.74) is 3.12. The largest absolute Gasteiger partial charge is 0.461 e. The van der Waals surface area contributed by atoms with Gasteiger partial charge in [-0.2, -0.15) is 0 Å². The number of rotatable bonds is 4. The predicted octanol–water partition coefficient (Wildman–Crippen LogP) is 3.59. The molecule has 2 heterocycles. The van der Waals surface area contributed by atoms with E-state index in [9.17, 15) is 4.79 Å². The Balaban J connectivity index is 1.76. The highest BCUT2D eigenvalue weighted by Crippen LogP contribution is 2.26. The number of hydrogen-bond acceptors (Lipinski definition) is 5.